The Balaban J connectivity index is 1.82. The van der Waals surface area contributed by atoms with Crippen LogP contribution >= 0.6 is 11.6 Å². The highest BCUT2D eigenvalue weighted by molar-refractivity contribution is 6.30. The number of carbonyl (C=O) groups is 2. The van der Waals surface area contributed by atoms with Crippen molar-refractivity contribution in [2.75, 3.05) is 11.5 Å². The van der Waals surface area contributed by atoms with Crippen LogP contribution in [0.5, 0.6) is 0 Å². The molecule has 2 heterocycles. The van der Waals surface area contributed by atoms with Crippen molar-refractivity contribution in [3.8, 4) is 0 Å². The van der Waals surface area contributed by atoms with Crippen molar-refractivity contribution in [2.45, 2.75) is 18.5 Å². The van der Waals surface area contributed by atoms with Gasteiger partial charge in [0.1, 0.15) is 6.61 Å². The van der Waals surface area contributed by atoms with Gasteiger partial charge in [-0.15, -0.1) is 0 Å². The third kappa shape index (κ3) is 3.16. The summed E-state index contributed by atoms with van der Waals surface area (Å²) >= 11 is 6.03. The summed E-state index contributed by atoms with van der Waals surface area (Å²) in [6.07, 6.45) is -4.62. The monoisotopic (exact) mass is 407 g/mol. The van der Waals surface area contributed by atoms with Crippen LogP contribution in [0.2, 0.25) is 5.02 Å². The Morgan fingerprint density at radius 2 is 1.82 bits per heavy atom. The van der Waals surface area contributed by atoms with Crippen molar-refractivity contribution in [3.63, 3.8) is 0 Å². The normalized spacial score (nSPS) is 19.7. The molecule has 1 amide bonds. The average molecular weight is 408 g/mol. The van der Waals surface area contributed by atoms with Crippen molar-refractivity contribution in [3.05, 3.63) is 76.0 Å². The third-order valence-corrected chi connectivity index (χ3v) is 5.04. The van der Waals surface area contributed by atoms with Crippen LogP contribution in [0.4, 0.5) is 18.9 Å². The van der Waals surface area contributed by atoms with Crippen molar-refractivity contribution < 1.29 is 27.5 Å². The number of benzene rings is 2. The van der Waals surface area contributed by atoms with E-state index in [-0.39, 0.29) is 30.0 Å². The first-order chi connectivity index (χ1) is 13.3. The Hall–Kier alpha value is -2.80. The highest BCUT2D eigenvalue weighted by Gasteiger charge is 2.43. The van der Waals surface area contributed by atoms with Gasteiger partial charge in [0.25, 0.3) is 0 Å². The number of ether oxygens (including phenoxy) is 1. The van der Waals surface area contributed by atoms with Gasteiger partial charge in [0.15, 0.2) is 0 Å². The minimum atomic E-state index is -4.54. The number of carbonyl (C=O) groups excluding carboxylic acids is 2. The fourth-order valence-corrected chi connectivity index (χ4v) is 3.78. The number of nitrogens with zero attached hydrogens (tertiary/aromatic N) is 1. The van der Waals surface area contributed by atoms with Crippen LogP contribution in [-0.4, -0.2) is 18.5 Å². The first-order valence-corrected chi connectivity index (χ1v) is 8.79. The molecule has 0 aliphatic carbocycles. The molecular weight excluding hydrogens is 395 g/mol. The summed E-state index contributed by atoms with van der Waals surface area (Å²) in [5, 5.41) is 0.457. The van der Waals surface area contributed by atoms with E-state index in [4.69, 9.17) is 16.3 Å². The van der Waals surface area contributed by atoms with Crippen LogP contribution < -0.4 is 4.90 Å². The van der Waals surface area contributed by atoms with Gasteiger partial charge in [-0.1, -0.05) is 29.8 Å². The van der Waals surface area contributed by atoms with E-state index < -0.39 is 29.5 Å². The maximum absolute atomic E-state index is 13.1. The molecule has 1 atom stereocenters. The molecule has 0 fully saturated rings. The van der Waals surface area contributed by atoms with Crippen molar-refractivity contribution in [1.29, 1.82) is 0 Å². The molecule has 4 nitrogen and oxygen atoms in total. The second kappa shape index (κ2) is 6.67. The fourth-order valence-electron chi connectivity index (χ4n) is 3.58. The van der Waals surface area contributed by atoms with E-state index in [0.717, 1.165) is 17.0 Å². The number of cyclic esters (lactones) is 1. The topological polar surface area (TPSA) is 46.6 Å². The largest absolute Gasteiger partial charge is 0.456 e. The van der Waals surface area contributed by atoms with Gasteiger partial charge in [-0.25, -0.2) is 4.79 Å². The van der Waals surface area contributed by atoms with E-state index in [2.05, 4.69) is 0 Å². The molecule has 0 saturated carbocycles. The van der Waals surface area contributed by atoms with Gasteiger partial charge in [-0.05, 0) is 35.9 Å². The van der Waals surface area contributed by atoms with E-state index in [1.165, 1.54) is 12.1 Å². The quantitative estimate of drug-likeness (QED) is 0.678. The Morgan fingerprint density at radius 3 is 2.54 bits per heavy atom. The number of esters is 1. The molecular formula is C20H13ClF3NO3. The van der Waals surface area contributed by atoms with Gasteiger partial charge < -0.3 is 4.74 Å². The van der Waals surface area contributed by atoms with Gasteiger partial charge in [0.2, 0.25) is 5.91 Å². The highest BCUT2D eigenvalue weighted by atomic mass is 35.5. The van der Waals surface area contributed by atoms with Crippen LogP contribution in [0.3, 0.4) is 0 Å². The number of hydrogen-bond donors (Lipinski definition) is 0. The Bertz CT molecular complexity index is 1020. The minimum absolute atomic E-state index is 0.0511. The third-order valence-electron chi connectivity index (χ3n) is 4.80. The van der Waals surface area contributed by atoms with E-state index in [0.29, 0.717) is 10.6 Å². The average Bonchev–Trinajstić information content (AvgIpc) is 3.02. The molecule has 0 unspecified atom stereocenters. The number of hydrogen-bond acceptors (Lipinski definition) is 3. The molecule has 0 N–H and O–H groups in total. The number of rotatable bonds is 2. The molecule has 2 aliphatic rings. The Morgan fingerprint density at radius 1 is 1.07 bits per heavy atom. The standard InChI is InChI=1S/C20H13ClF3NO3/c21-13-5-1-3-11(7-13)15-9-17(26)25(16-10-28-19(27)18(15)16)14-6-2-4-12(8-14)20(22,23)24/h1-8,15H,9-10H2/t15-/m1/s1. The second-order valence-electron chi connectivity index (χ2n) is 6.53. The molecule has 0 spiro atoms. The van der Waals surface area contributed by atoms with Crippen molar-refractivity contribution in [2.24, 2.45) is 0 Å². The highest BCUT2D eigenvalue weighted by Crippen LogP contribution is 2.43. The van der Waals surface area contributed by atoms with Crippen molar-refractivity contribution in [1.82, 2.24) is 0 Å². The molecule has 28 heavy (non-hydrogen) atoms. The number of alkyl halides is 3. The SMILES string of the molecule is O=C1OCC2=C1[C@@H](c1cccc(Cl)c1)CC(=O)N2c1cccc(C(F)(F)F)c1. The van der Waals surface area contributed by atoms with E-state index >= 15 is 0 Å². The van der Waals surface area contributed by atoms with Gasteiger partial charge in [0, 0.05) is 23.0 Å². The molecule has 0 bridgehead atoms. The summed E-state index contributed by atoms with van der Waals surface area (Å²) in [5.74, 6) is -1.55. The van der Waals surface area contributed by atoms with Gasteiger partial charge in [-0.2, -0.15) is 13.2 Å². The van der Waals surface area contributed by atoms with Crippen LogP contribution in [0.1, 0.15) is 23.5 Å². The van der Waals surface area contributed by atoms with Crippen LogP contribution in [0.15, 0.2) is 59.8 Å². The predicted octanol–water partition coefficient (Wildman–Crippen LogP) is 4.69. The van der Waals surface area contributed by atoms with E-state index in [1.807, 2.05) is 0 Å². The smallest absolute Gasteiger partial charge is 0.416 e. The molecule has 0 saturated heterocycles. The van der Waals surface area contributed by atoms with Gasteiger partial charge in [0.05, 0.1) is 16.8 Å². The molecule has 0 radical (unpaired) electrons. The first-order valence-electron chi connectivity index (χ1n) is 8.41. The lowest BCUT2D eigenvalue weighted by Crippen LogP contribution is -2.37. The lowest BCUT2D eigenvalue weighted by Gasteiger charge is -2.32. The number of halogens is 4. The predicted molar refractivity (Wildman–Crippen MR) is 95.7 cm³/mol. The molecule has 8 heteroatoms. The maximum atomic E-state index is 13.1. The maximum Gasteiger partial charge on any atom is 0.416 e. The Kier molecular flexibility index (Phi) is 4.42. The van der Waals surface area contributed by atoms with Crippen LogP contribution in [0, 0.1) is 0 Å². The molecule has 2 aromatic rings. The van der Waals surface area contributed by atoms with E-state index in [1.54, 1.807) is 24.3 Å². The summed E-state index contributed by atoms with van der Waals surface area (Å²) in [4.78, 5) is 26.4. The summed E-state index contributed by atoms with van der Waals surface area (Å²) in [6.45, 7) is -0.173. The summed E-state index contributed by atoms with van der Waals surface area (Å²) in [7, 11) is 0. The van der Waals surface area contributed by atoms with Crippen LogP contribution in [0.25, 0.3) is 0 Å². The Labute approximate surface area is 163 Å². The fraction of sp³-hybridized carbons (Fsp3) is 0.200. The zero-order chi connectivity index (χ0) is 20.1. The lowest BCUT2D eigenvalue weighted by atomic mass is 9.84. The van der Waals surface area contributed by atoms with Gasteiger partial charge in [-0.3, -0.25) is 9.69 Å². The molecule has 144 valence electrons. The number of amides is 1. The summed E-state index contributed by atoms with van der Waals surface area (Å²) < 4.78 is 44.3. The second-order valence-corrected chi connectivity index (χ2v) is 6.96. The number of anilines is 1. The molecule has 0 aromatic heterocycles. The molecule has 2 aromatic carbocycles. The summed E-state index contributed by atoms with van der Waals surface area (Å²) in [6, 6.07) is 11.3. The van der Waals surface area contributed by atoms with Gasteiger partial charge >= 0.3 is 12.1 Å². The minimum Gasteiger partial charge on any atom is -0.456 e. The molecule has 2 aliphatic heterocycles. The first kappa shape index (κ1) is 18.6. The molecule has 4 rings (SSSR count). The summed E-state index contributed by atoms with van der Waals surface area (Å²) in [5.41, 5.74) is 0.401. The lowest BCUT2D eigenvalue weighted by molar-refractivity contribution is -0.138. The van der Waals surface area contributed by atoms with E-state index in [9.17, 15) is 22.8 Å². The zero-order valence-electron chi connectivity index (χ0n) is 14.3. The van der Waals surface area contributed by atoms with Crippen LogP contribution in [-0.2, 0) is 20.5 Å². The van der Waals surface area contributed by atoms with Crippen molar-refractivity contribution >= 4 is 29.2 Å². The zero-order valence-corrected chi connectivity index (χ0v) is 15.1.